The van der Waals surface area contributed by atoms with Gasteiger partial charge in [0.2, 0.25) is 5.91 Å². The number of hydrogen-bond donors (Lipinski definition) is 3. The fourth-order valence-corrected chi connectivity index (χ4v) is 6.28. The zero-order chi connectivity index (χ0) is 23.9. The maximum absolute atomic E-state index is 12.9. The number of sulfone groups is 1. The molecule has 1 aromatic rings. The Morgan fingerprint density at radius 1 is 1.24 bits per heavy atom. The van der Waals surface area contributed by atoms with Crippen LogP contribution in [0.25, 0.3) is 0 Å². The summed E-state index contributed by atoms with van der Waals surface area (Å²) in [7, 11) is -3.44. The van der Waals surface area contributed by atoms with Gasteiger partial charge in [0.15, 0.2) is 9.84 Å². The van der Waals surface area contributed by atoms with Crippen LogP contribution in [0.1, 0.15) is 46.5 Å². The lowest BCUT2D eigenvalue weighted by molar-refractivity contribution is -0.129. The molecule has 3 unspecified atom stereocenters. The molecule has 180 valence electrons. The van der Waals surface area contributed by atoms with Gasteiger partial charge in [0, 0.05) is 31.5 Å². The lowest BCUT2D eigenvalue weighted by Gasteiger charge is -2.46. The number of piperidine rings is 1. The van der Waals surface area contributed by atoms with Crippen molar-refractivity contribution < 1.29 is 17.9 Å². The molecule has 9 nitrogen and oxygen atoms in total. The van der Waals surface area contributed by atoms with Crippen LogP contribution in [-0.4, -0.2) is 61.6 Å². The van der Waals surface area contributed by atoms with Crippen molar-refractivity contribution in [3.05, 3.63) is 24.3 Å². The molecule has 4 rings (SSSR count). The van der Waals surface area contributed by atoms with Gasteiger partial charge in [-0.25, -0.2) is 18.9 Å². The number of hydrazine groups is 1. The van der Waals surface area contributed by atoms with Crippen LogP contribution in [-0.2, 0) is 19.4 Å². The van der Waals surface area contributed by atoms with Crippen molar-refractivity contribution >= 4 is 21.4 Å². The molecule has 0 bridgehead atoms. The largest absolute Gasteiger partial charge is 0.381 e. The first-order valence-corrected chi connectivity index (χ1v) is 13.0. The number of nitrogens with one attached hydrogen (secondary N) is 3. The summed E-state index contributed by atoms with van der Waals surface area (Å²) in [5, 5.41) is 18.1. The Bertz CT molecular complexity index is 1020. The molecule has 10 heteroatoms. The molecule has 3 fully saturated rings. The fraction of sp³-hybridized carbons (Fsp3) is 0.652. The predicted molar refractivity (Wildman–Crippen MR) is 124 cm³/mol. The third-order valence-corrected chi connectivity index (χ3v) is 9.57. The molecule has 3 aliphatic rings. The van der Waals surface area contributed by atoms with Gasteiger partial charge >= 0.3 is 0 Å². The van der Waals surface area contributed by atoms with Crippen molar-refractivity contribution in [2.45, 2.75) is 73.8 Å². The van der Waals surface area contributed by atoms with Crippen LogP contribution < -0.4 is 16.1 Å². The molecule has 3 heterocycles. The molecule has 3 atom stereocenters. The average Bonchev–Trinajstić information content (AvgIpc) is 3.14. The lowest BCUT2D eigenvalue weighted by atomic mass is 9.82. The number of amides is 1. The predicted octanol–water partition coefficient (Wildman–Crippen LogP) is 1.78. The van der Waals surface area contributed by atoms with Crippen molar-refractivity contribution in [3.63, 3.8) is 0 Å². The van der Waals surface area contributed by atoms with Crippen LogP contribution in [0.5, 0.6) is 0 Å². The van der Waals surface area contributed by atoms with E-state index in [4.69, 9.17) is 4.74 Å². The first kappa shape index (κ1) is 24.0. The molecular formula is C23H33N5O4S. The van der Waals surface area contributed by atoms with E-state index in [1.165, 1.54) is 0 Å². The minimum absolute atomic E-state index is 0.0233. The molecule has 3 saturated heterocycles. The van der Waals surface area contributed by atoms with E-state index in [0.29, 0.717) is 26.2 Å². The van der Waals surface area contributed by atoms with Crippen LogP contribution in [0, 0.1) is 17.2 Å². The van der Waals surface area contributed by atoms with E-state index in [2.05, 4.69) is 27.1 Å². The van der Waals surface area contributed by atoms with E-state index in [-0.39, 0.29) is 34.5 Å². The zero-order valence-electron chi connectivity index (χ0n) is 19.4. The van der Waals surface area contributed by atoms with Gasteiger partial charge in [0.1, 0.15) is 6.17 Å². The minimum Gasteiger partial charge on any atom is -0.381 e. The number of carbonyl (C=O) groups is 1. The SMILES string of the molecule is CC(C)(C)S(=O)(=O)c1ccc(NC2NN(C3(CC#N)CCOCC3)C3CCNC(=O)C23)cc1. The third kappa shape index (κ3) is 4.35. The Balaban J connectivity index is 1.59. The molecule has 0 saturated carbocycles. The molecule has 0 spiro atoms. The highest BCUT2D eigenvalue weighted by Gasteiger charge is 2.54. The lowest BCUT2D eigenvalue weighted by Crippen LogP contribution is -2.60. The Hall–Kier alpha value is -2.19. The van der Waals surface area contributed by atoms with Crippen molar-refractivity contribution in [1.29, 1.82) is 5.26 Å². The summed E-state index contributed by atoms with van der Waals surface area (Å²) in [5.41, 5.74) is 3.86. The summed E-state index contributed by atoms with van der Waals surface area (Å²) < 4.78 is 30.1. The molecule has 3 aliphatic heterocycles. The maximum atomic E-state index is 12.9. The second-order valence-corrected chi connectivity index (χ2v) is 12.8. The summed E-state index contributed by atoms with van der Waals surface area (Å²) >= 11 is 0. The summed E-state index contributed by atoms with van der Waals surface area (Å²) in [6.45, 7) is 6.82. The Morgan fingerprint density at radius 3 is 2.52 bits per heavy atom. The molecule has 0 aliphatic carbocycles. The molecule has 0 aromatic heterocycles. The van der Waals surface area contributed by atoms with Gasteiger partial charge in [-0.2, -0.15) is 5.26 Å². The van der Waals surface area contributed by atoms with Crippen LogP contribution in [0.4, 0.5) is 5.69 Å². The smallest absolute Gasteiger partial charge is 0.228 e. The van der Waals surface area contributed by atoms with Gasteiger partial charge in [0.25, 0.3) is 0 Å². The number of nitrogens with zero attached hydrogens (tertiary/aromatic N) is 2. The van der Waals surface area contributed by atoms with Gasteiger partial charge in [-0.05, 0) is 64.3 Å². The highest BCUT2D eigenvalue weighted by atomic mass is 32.2. The van der Waals surface area contributed by atoms with Gasteiger partial charge < -0.3 is 15.4 Å². The molecule has 1 amide bonds. The van der Waals surface area contributed by atoms with E-state index in [0.717, 1.165) is 24.9 Å². The van der Waals surface area contributed by atoms with Crippen molar-refractivity contribution in [2.24, 2.45) is 5.92 Å². The van der Waals surface area contributed by atoms with E-state index in [1.54, 1.807) is 45.0 Å². The topological polar surface area (TPSA) is 124 Å². The number of hydrogen-bond acceptors (Lipinski definition) is 8. The number of fused-ring (bicyclic) bond motifs is 1. The van der Waals surface area contributed by atoms with Crippen LogP contribution in [0.2, 0.25) is 0 Å². The molecule has 1 aromatic carbocycles. The van der Waals surface area contributed by atoms with Crippen molar-refractivity contribution in [3.8, 4) is 6.07 Å². The van der Waals surface area contributed by atoms with E-state index >= 15 is 0 Å². The van der Waals surface area contributed by atoms with Gasteiger partial charge in [-0.15, -0.1) is 0 Å². The van der Waals surface area contributed by atoms with Crippen molar-refractivity contribution in [1.82, 2.24) is 15.8 Å². The number of benzene rings is 1. The summed E-state index contributed by atoms with van der Waals surface area (Å²) in [6.07, 6.45) is 2.23. The first-order chi connectivity index (χ1) is 15.6. The normalized spacial score (nSPS) is 27.9. The molecule has 0 radical (unpaired) electrons. The third-order valence-electron chi connectivity index (χ3n) is 7.06. The highest BCUT2D eigenvalue weighted by molar-refractivity contribution is 7.92. The maximum Gasteiger partial charge on any atom is 0.228 e. The van der Waals surface area contributed by atoms with Crippen LogP contribution in [0.3, 0.4) is 0 Å². The number of ether oxygens (including phenoxy) is 1. The number of carbonyl (C=O) groups excluding carboxylic acids is 1. The van der Waals surface area contributed by atoms with Crippen molar-refractivity contribution in [2.75, 3.05) is 25.1 Å². The van der Waals surface area contributed by atoms with E-state index < -0.39 is 14.6 Å². The monoisotopic (exact) mass is 475 g/mol. The Morgan fingerprint density at radius 2 is 1.91 bits per heavy atom. The molecule has 3 N–H and O–H groups in total. The second-order valence-electron chi connectivity index (χ2n) is 10.1. The van der Waals surface area contributed by atoms with E-state index in [9.17, 15) is 18.5 Å². The number of anilines is 1. The van der Waals surface area contributed by atoms with Gasteiger partial charge in [-0.1, -0.05) is 0 Å². The molecular weight excluding hydrogens is 442 g/mol. The summed E-state index contributed by atoms with van der Waals surface area (Å²) in [6, 6.07) is 8.98. The minimum atomic E-state index is -3.44. The summed E-state index contributed by atoms with van der Waals surface area (Å²) in [5.74, 6) is -0.361. The Labute approximate surface area is 195 Å². The van der Waals surface area contributed by atoms with E-state index in [1.807, 2.05) is 0 Å². The summed E-state index contributed by atoms with van der Waals surface area (Å²) in [4.78, 5) is 13.1. The van der Waals surface area contributed by atoms with Crippen LogP contribution in [0.15, 0.2) is 29.2 Å². The first-order valence-electron chi connectivity index (χ1n) is 11.5. The molecule has 33 heavy (non-hydrogen) atoms. The second kappa shape index (κ2) is 8.87. The van der Waals surface area contributed by atoms with Crippen LogP contribution >= 0.6 is 0 Å². The van der Waals surface area contributed by atoms with Gasteiger partial charge in [-0.3, -0.25) is 4.79 Å². The number of rotatable bonds is 5. The van der Waals surface area contributed by atoms with Gasteiger partial charge in [0.05, 0.1) is 33.6 Å². The Kier molecular flexibility index (Phi) is 6.44. The fourth-order valence-electron chi connectivity index (χ4n) is 5.08. The highest BCUT2D eigenvalue weighted by Crippen LogP contribution is 2.40. The zero-order valence-corrected chi connectivity index (χ0v) is 20.2. The average molecular weight is 476 g/mol. The standard InChI is InChI=1S/C23H33N5O4S/c1-22(2,3)33(30,31)17-6-4-16(5-7-17)26-20-19-18(8-13-25-21(19)29)28(27-20)23(9-12-24)10-14-32-15-11-23/h4-7,18-20,26-27H,8-11,13-15H2,1-3H3,(H,25,29). The number of nitriles is 1. The quantitative estimate of drug-likeness (QED) is 0.589.